The number of hydrogen-bond donors (Lipinski definition) is 1. The van der Waals surface area contributed by atoms with E-state index < -0.39 is 0 Å². The number of carbonyl (C=O) groups excluding carboxylic acids is 1. The zero-order chi connectivity index (χ0) is 10.3. The van der Waals surface area contributed by atoms with Crippen molar-refractivity contribution in [2.45, 2.75) is 39.7 Å². The fraction of sp³-hybridized carbons (Fsp3) is 0.900. The molecule has 0 aromatic heterocycles. The first-order chi connectivity index (χ1) is 6.07. The Hall–Kier alpha value is -0.410. The van der Waals surface area contributed by atoms with Gasteiger partial charge >= 0.3 is 0 Å². The molecule has 0 saturated heterocycles. The number of rotatable bonds is 7. The molecule has 2 N–H and O–H groups in total. The third-order valence-corrected chi connectivity index (χ3v) is 1.95. The lowest BCUT2D eigenvalue weighted by Crippen LogP contribution is -2.20. The van der Waals surface area contributed by atoms with E-state index >= 15 is 0 Å². The SMILES string of the molecule is CC(C)OCC(=O)C(C)CCCN. The van der Waals surface area contributed by atoms with Crippen LogP contribution in [0.5, 0.6) is 0 Å². The molecule has 0 aromatic carbocycles. The number of ketones is 1. The molecule has 0 aliphatic carbocycles. The number of Topliss-reactive ketones (excluding diaryl/α,β-unsaturated/α-hetero) is 1. The van der Waals surface area contributed by atoms with E-state index in [1.807, 2.05) is 20.8 Å². The number of ether oxygens (including phenoxy) is 1. The molecule has 3 heteroatoms. The van der Waals surface area contributed by atoms with Crippen molar-refractivity contribution in [3.05, 3.63) is 0 Å². The molecular formula is C10H21NO2. The molecule has 0 aromatic rings. The molecule has 0 amide bonds. The van der Waals surface area contributed by atoms with Gasteiger partial charge in [-0.1, -0.05) is 6.92 Å². The number of carbonyl (C=O) groups is 1. The van der Waals surface area contributed by atoms with Gasteiger partial charge in [0.15, 0.2) is 5.78 Å². The van der Waals surface area contributed by atoms with E-state index in [1.165, 1.54) is 0 Å². The van der Waals surface area contributed by atoms with Crippen LogP contribution in [-0.4, -0.2) is 25.0 Å². The molecule has 0 saturated carbocycles. The topological polar surface area (TPSA) is 52.3 Å². The zero-order valence-corrected chi connectivity index (χ0v) is 8.88. The maximum Gasteiger partial charge on any atom is 0.161 e. The fourth-order valence-electron chi connectivity index (χ4n) is 0.976. The molecule has 13 heavy (non-hydrogen) atoms. The lowest BCUT2D eigenvalue weighted by Gasteiger charge is -2.11. The second-order valence-electron chi connectivity index (χ2n) is 3.66. The summed E-state index contributed by atoms with van der Waals surface area (Å²) in [6.07, 6.45) is 1.91. The van der Waals surface area contributed by atoms with Crippen LogP contribution in [0.25, 0.3) is 0 Å². The van der Waals surface area contributed by atoms with E-state index in [4.69, 9.17) is 10.5 Å². The van der Waals surface area contributed by atoms with Crippen LogP contribution in [0.15, 0.2) is 0 Å². The Labute approximate surface area is 80.6 Å². The van der Waals surface area contributed by atoms with Crippen LogP contribution in [0.3, 0.4) is 0 Å². The van der Waals surface area contributed by atoms with Crippen molar-refractivity contribution in [1.29, 1.82) is 0 Å². The summed E-state index contributed by atoms with van der Waals surface area (Å²) < 4.78 is 5.22. The molecule has 78 valence electrons. The molecule has 0 spiro atoms. The van der Waals surface area contributed by atoms with E-state index in [0.29, 0.717) is 6.54 Å². The van der Waals surface area contributed by atoms with E-state index in [2.05, 4.69) is 0 Å². The maximum absolute atomic E-state index is 11.4. The summed E-state index contributed by atoms with van der Waals surface area (Å²) in [6, 6.07) is 0. The van der Waals surface area contributed by atoms with Gasteiger partial charge in [-0.05, 0) is 33.2 Å². The highest BCUT2D eigenvalue weighted by atomic mass is 16.5. The van der Waals surface area contributed by atoms with Gasteiger partial charge in [0.2, 0.25) is 0 Å². The Morgan fingerprint density at radius 1 is 1.38 bits per heavy atom. The number of nitrogens with two attached hydrogens (primary N) is 1. The highest BCUT2D eigenvalue weighted by Gasteiger charge is 2.12. The van der Waals surface area contributed by atoms with Gasteiger partial charge in [-0.15, -0.1) is 0 Å². The minimum atomic E-state index is 0.0855. The van der Waals surface area contributed by atoms with Gasteiger partial charge in [0.1, 0.15) is 6.61 Å². The van der Waals surface area contributed by atoms with Crippen LogP contribution in [0.2, 0.25) is 0 Å². The third-order valence-electron chi connectivity index (χ3n) is 1.95. The van der Waals surface area contributed by atoms with Crippen molar-refractivity contribution >= 4 is 5.78 Å². The molecule has 0 aliphatic rings. The van der Waals surface area contributed by atoms with Crippen molar-refractivity contribution in [3.8, 4) is 0 Å². The van der Waals surface area contributed by atoms with Crippen LogP contribution >= 0.6 is 0 Å². The summed E-state index contributed by atoms with van der Waals surface area (Å²) in [4.78, 5) is 11.4. The fourth-order valence-corrected chi connectivity index (χ4v) is 0.976. The molecule has 3 nitrogen and oxygen atoms in total. The Balaban J connectivity index is 3.57. The highest BCUT2D eigenvalue weighted by molar-refractivity contribution is 5.81. The number of hydrogen-bond acceptors (Lipinski definition) is 3. The average Bonchev–Trinajstić information content (AvgIpc) is 2.10. The summed E-state index contributed by atoms with van der Waals surface area (Å²) in [5.74, 6) is 0.268. The molecule has 1 atom stereocenters. The lowest BCUT2D eigenvalue weighted by atomic mass is 10.0. The average molecular weight is 187 g/mol. The standard InChI is InChI=1S/C10H21NO2/c1-8(2)13-7-10(12)9(3)5-4-6-11/h8-9H,4-7,11H2,1-3H3. The predicted octanol–water partition coefficient (Wildman–Crippen LogP) is 1.36. The van der Waals surface area contributed by atoms with E-state index in [1.54, 1.807) is 0 Å². The van der Waals surface area contributed by atoms with Crippen molar-refractivity contribution in [1.82, 2.24) is 0 Å². The molecule has 0 bridgehead atoms. The highest BCUT2D eigenvalue weighted by Crippen LogP contribution is 2.06. The van der Waals surface area contributed by atoms with Gasteiger partial charge in [-0.2, -0.15) is 0 Å². The van der Waals surface area contributed by atoms with Crippen LogP contribution in [0.1, 0.15) is 33.6 Å². The first-order valence-corrected chi connectivity index (χ1v) is 4.92. The first-order valence-electron chi connectivity index (χ1n) is 4.92. The van der Waals surface area contributed by atoms with Crippen LogP contribution in [0, 0.1) is 5.92 Å². The largest absolute Gasteiger partial charge is 0.371 e. The molecule has 0 rings (SSSR count). The molecule has 0 aliphatic heterocycles. The van der Waals surface area contributed by atoms with Gasteiger partial charge in [-0.25, -0.2) is 0 Å². The quantitative estimate of drug-likeness (QED) is 0.654. The second kappa shape index (κ2) is 7.04. The van der Waals surface area contributed by atoms with Crippen molar-refractivity contribution < 1.29 is 9.53 Å². The second-order valence-corrected chi connectivity index (χ2v) is 3.66. The predicted molar refractivity (Wildman–Crippen MR) is 53.5 cm³/mol. The minimum Gasteiger partial charge on any atom is -0.371 e. The molecular weight excluding hydrogens is 166 g/mol. The normalized spacial score (nSPS) is 13.3. The van der Waals surface area contributed by atoms with Crippen molar-refractivity contribution in [2.24, 2.45) is 11.7 Å². The van der Waals surface area contributed by atoms with Crippen LogP contribution < -0.4 is 5.73 Å². The lowest BCUT2D eigenvalue weighted by molar-refractivity contribution is -0.128. The summed E-state index contributed by atoms with van der Waals surface area (Å²) in [6.45, 7) is 6.68. The Morgan fingerprint density at radius 2 is 2.00 bits per heavy atom. The molecule has 0 heterocycles. The molecule has 1 unspecified atom stereocenters. The smallest absolute Gasteiger partial charge is 0.161 e. The first kappa shape index (κ1) is 12.6. The van der Waals surface area contributed by atoms with Crippen molar-refractivity contribution in [2.75, 3.05) is 13.2 Å². The molecule has 0 radical (unpaired) electrons. The van der Waals surface area contributed by atoms with Gasteiger partial charge < -0.3 is 10.5 Å². The summed E-state index contributed by atoms with van der Waals surface area (Å²) in [7, 11) is 0. The Bertz CT molecular complexity index is 146. The minimum absolute atomic E-state index is 0.0855. The summed E-state index contributed by atoms with van der Waals surface area (Å²) in [5.41, 5.74) is 5.36. The maximum atomic E-state index is 11.4. The summed E-state index contributed by atoms with van der Waals surface area (Å²) >= 11 is 0. The van der Waals surface area contributed by atoms with Gasteiger partial charge in [0, 0.05) is 5.92 Å². The third kappa shape index (κ3) is 6.72. The Kier molecular flexibility index (Phi) is 6.82. The summed E-state index contributed by atoms with van der Waals surface area (Å²) in [5, 5.41) is 0. The van der Waals surface area contributed by atoms with Crippen LogP contribution in [-0.2, 0) is 9.53 Å². The zero-order valence-electron chi connectivity index (χ0n) is 8.88. The Morgan fingerprint density at radius 3 is 2.46 bits per heavy atom. The van der Waals surface area contributed by atoms with E-state index in [-0.39, 0.29) is 24.4 Å². The van der Waals surface area contributed by atoms with E-state index in [0.717, 1.165) is 12.8 Å². The van der Waals surface area contributed by atoms with Gasteiger partial charge in [0.05, 0.1) is 6.10 Å². The molecule has 0 fully saturated rings. The van der Waals surface area contributed by atoms with Gasteiger partial charge in [-0.3, -0.25) is 4.79 Å². The van der Waals surface area contributed by atoms with Crippen molar-refractivity contribution in [3.63, 3.8) is 0 Å². The van der Waals surface area contributed by atoms with E-state index in [9.17, 15) is 4.79 Å². The van der Waals surface area contributed by atoms with Crippen LogP contribution in [0.4, 0.5) is 0 Å². The monoisotopic (exact) mass is 187 g/mol. The van der Waals surface area contributed by atoms with Gasteiger partial charge in [0.25, 0.3) is 0 Å².